The molecule has 0 aliphatic heterocycles. The van der Waals surface area contributed by atoms with Gasteiger partial charge in [-0.15, -0.1) is 11.8 Å². The molecule has 2 N–H and O–H groups in total. The molecular weight excluding hydrogens is 346 g/mol. The van der Waals surface area contributed by atoms with Crippen LogP contribution in [0.1, 0.15) is 6.92 Å². The van der Waals surface area contributed by atoms with E-state index in [1.54, 1.807) is 11.8 Å². The van der Waals surface area contributed by atoms with Crippen molar-refractivity contribution < 1.29 is 14.6 Å². The summed E-state index contributed by atoms with van der Waals surface area (Å²) in [5.74, 6) is 1.22. The van der Waals surface area contributed by atoms with Gasteiger partial charge in [0.1, 0.15) is 12.4 Å². The Kier molecular flexibility index (Phi) is 6.15. The van der Waals surface area contributed by atoms with Crippen LogP contribution in [0.25, 0.3) is 10.8 Å². The second-order valence-electron chi connectivity index (χ2n) is 5.96. The number of carbonyl (C=O) groups is 1. The third kappa shape index (κ3) is 5.00. The lowest BCUT2D eigenvalue weighted by atomic mass is 10.1. The lowest BCUT2D eigenvalue weighted by molar-refractivity contribution is -0.114. The zero-order chi connectivity index (χ0) is 18.4. The monoisotopic (exact) mass is 367 g/mol. The van der Waals surface area contributed by atoms with Crippen molar-refractivity contribution in [2.24, 2.45) is 0 Å². The molecular formula is C21H21NO3S. The fraction of sp³-hybridized carbons (Fsp3) is 0.190. The van der Waals surface area contributed by atoms with Crippen LogP contribution in [-0.2, 0) is 4.79 Å². The Morgan fingerprint density at radius 3 is 2.58 bits per heavy atom. The first-order valence-electron chi connectivity index (χ1n) is 8.41. The molecule has 0 heterocycles. The highest BCUT2D eigenvalue weighted by Crippen LogP contribution is 2.26. The van der Waals surface area contributed by atoms with Gasteiger partial charge in [-0.1, -0.05) is 36.4 Å². The zero-order valence-electron chi connectivity index (χ0n) is 14.5. The zero-order valence-corrected chi connectivity index (χ0v) is 15.3. The van der Waals surface area contributed by atoms with Crippen molar-refractivity contribution in [3.63, 3.8) is 0 Å². The molecule has 3 rings (SSSR count). The maximum absolute atomic E-state index is 11.0. The van der Waals surface area contributed by atoms with E-state index in [1.807, 2.05) is 66.7 Å². The van der Waals surface area contributed by atoms with Gasteiger partial charge in [0.15, 0.2) is 0 Å². The second-order valence-corrected chi connectivity index (χ2v) is 7.05. The summed E-state index contributed by atoms with van der Waals surface area (Å²) in [5, 5.41) is 15.1. The molecule has 0 fully saturated rings. The third-order valence-electron chi connectivity index (χ3n) is 3.80. The normalized spacial score (nSPS) is 11.9. The summed E-state index contributed by atoms with van der Waals surface area (Å²) in [4.78, 5) is 12.1. The lowest BCUT2D eigenvalue weighted by Crippen LogP contribution is -2.20. The van der Waals surface area contributed by atoms with Crippen molar-refractivity contribution in [2.45, 2.75) is 17.9 Å². The van der Waals surface area contributed by atoms with Crippen LogP contribution in [0, 0.1) is 0 Å². The number of amides is 1. The summed E-state index contributed by atoms with van der Waals surface area (Å²) < 4.78 is 5.82. The van der Waals surface area contributed by atoms with E-state index in [9.17, 15) is 9.90 Å². The summed E-state index contributed by atoms with van der Waals surface area (Å²) in [6.07, 6.45) is -0.575. The van der Waals surface area contributed by atoms with Crippen molar-refractivity contribution in [3.8, 4) is 5.75 Å². The van der Waals surface area contributed by atoms with Gasteiger partial charge < -0.3 is 15.2 Å². The van der Waals surface area contributed by atoms with Crippen molar-refractivity contribution in [3.05, 3.63) is 66.7 Å². The van der Waals surface area contributed by atoms with E-state index in [1.165, 1.54) is 6.92 Å². The summed E-state index contributed by atoms with van der Waals surface area (Å²) in [6.45, 7) is 1.72. The first kappa shape index (κ1) is 18.3. The van der Waals surface area contributed by atoms with E-state index in [0.717, 1.165) is 27.1 Å². The molecule has 0 aromatic heterocycles. The van der Waals surface area contributed by atoms with Gasteiger partial charge in [-0.3, -0.25) is 4.79 Å². The Morgan fingerprint density at radius 2 is 1.81 bits per heavy atom. The Bertz CT molecular complexity index is 875. The van der Waals surface area contributed by atoms with Crippen LogP contribution in [0.2, 0.25) is 0 Å². The van der Waals surface area contributed by atoms with Gasteiger partial charge in [0.25, 0.3) is 0 Å². The standard InChI is InChI=1S/C21H21NO3S/c1-15(23)22-17-9-11-19(12-10-17)26-14-18(24)13-25-21-8-4-6-16-5-2-3-7-20(16)21/h2-12,18,24H,13-14H2,1H3,(H,22,23). The molecule has 5 heteroatoms. The number of fused-ring (bicyclic) bond motifs is 1. The van der Waals surface area contributed by atoms with E-state index in [2.05, 4.69) is 5.32 Å². The van der Waals surface area contributed by atoms with Crippen molar-refractivity contribution >= 4 is 34.1 Å². The maximum atomic E-state index is 11.0. The van der Waals surface area contributed by atoms with Gasteiger partial charge in [-0.2, -0.15) is 0 Å². The largest absolute Gasteiger partial charge is 0.490 e. The molecule has 1 amide bonds. The van der Waals surface area contributed by atoms with Crippen molar-refractivity contribution in [1.82, 2.24) is 0 Å². The summed E-state index contributed by atoms with van der Waals surface area (Å²) >= 11 is 1.55. The van der Waals surface area contributed by atoms with Crippen LogP contribution in [0.15, 0.2) is 71.6 Å². The van der Waals surface area contributed by atoms with Crippen LogP contribution in [0.5, 0.6) is 5.75 Å². The van der Waals surface area contributed by atoms with Crippen molar-refractivity contribution in [1.29, 1.82) is 0 Å². The molecule has 0 radical (unpaired) electrons. The topological polar surface area (TPSA) is 58.6 Å². The number of thioether (sulfide) groups is 1. The van der Waals surface area contributed by atoms with Gasteiger partial charge in [-0.25, -0.2) is 0 Å². The smallest absolute Gasteiger partial charge is 0.221 e. The highest BCUT2D eigenvalue weighted by atomic mass is 32.2. The molecule has 1 unspecified atom stereocenters. The molecule has 0 aliphatic rings. The summed E-state index contributed by atoms with van der Waals surface area (Å²) in [6, 6.07) is 21.5. The maximum Gasteiger partial charge on any atom is 0.221 e. The first-order valence-corrected chi connectivity index (χ1v) is 9.39. The second kappa shape index (κ2) is 8.74. The molecule has 0 saturated carbocycles. The minimum Gasteiger partial charge on any atom is -0.490 e. The SMILES string of the molecule is CC(=O)Nc1ccc(SCC(O)COc2cccc3ccccc23)cc1. The average molecular weight is 367 g/mol. The van der Waals surface area contributed by atoms with E-state index in [4.69, 9.17) is 4.74 Å². The number of ether oxygens (including phenoxy) is 1. The minimum absolute atomic E-state index is 0.0913. The molecule has 134 valence electrons. The molecule has 26 heavy (non-hydrogen) atoms. The Hall–Kier alpha value is -2.50. The number of aliphatic hydroxyl groups is 1. The molecule has 0 spiro atoms. The highest BCUT2D eigenvalue weighted by molar-refractivity contribution is 7.99. The molecule has 3 aromatic carbocycles. The number of carbonyl (C=O) groups excluding carboxylic acids is 1. The highest BCUT2D eigenvalue weighted by Gasteiger charge is 2.08. The fourth-order valence-electron chi connectivity index (χ4n) is 2.59. The number of aliphatic hydroxyl groups excluding tert-OH is 1. The molecule has 0 saturated heterocycles. The predicted octanol–water partition coefficient (Wildman–Crippen LogP) is 4.33. The van der Waals surface area contributed by atoms with Gasteiger partial charge in [0, 0.05) is 28.6 Å². The van der Waals surface area contributed by atoms with E-state index in [0.29, 0.717) is 5.75 Å². The van der Waals surface area contributed by atoms with Crippen LogP contribution < -0.4 is 10.1 Å². The van der Waals surface area contributed by atoms with Gasteiger partial charge in [0.2, 0.25) is 5.91 Å². The van der Waals surface area contributed by atoms with Crippen molar-refractivity contribution in [2.75, 3.05) is 17.7 Å². The van der Waals surface area contributed by atoms with E-state index in [-0.39, 0.29) is 12.5 Å². The lowest BCUT2D eigenvalue weighted by Gasteiger charge is -2.14. The molecule has 1 atom stereocenters. The minimum atomic E-state index is -0.575. The van der Waals surface area contributed by atoms with Crippen LogP contribution in [0.3, 0.4) is 0 Å². The number of nitrogens with one attached hydrogen (secondary N) is 1. The number of benzene rings is 3. The molecule has 0 bridgehead atoms. The first-order chi connectivity index (χ1) is 12.6. The van der Waals surface area contributed by atoms with Gasteiger partial charge in [-0.05, 0) is 35.7 Å². The molecule has 4 nitrogen and oxygen atoms in total. The average Bonchev–Trinajstić information content (AvgIpc) is 2.65. The Morgan fingerprint density at radius 1 is 1.08 bits per heavy atom. The van der Waals surface area contributed by atoms with Crippen LogP contribution in [0.4, 0.5) is 5.69 Å². The van der Waals surface area contributed by atoms with Gasteiger partial charge >= 0.3 is 0 Å². The number of rotatable bonds is 7. The van der Waals surface area contributed by atoms with Gasteiger partial charge in [0.05, 0.1) is 6.10 Å². The quantitative estimate of drug-likeness (QED) is 0.610. The number of hydrogen-bond acceptors (Lipinski definition) is 4. The van der Waals surface area contributed by atoms with Crippen LogP contribution in [-0.4, -0.2) is 29.5 Å². The number of anilines is 1. The number of hydrogen-bond donors (Lipinski definition) is 2. The molecule has 3 aromatic rings. The molecule has 0 aliphatic carbocycles. The summed E-state index contributed by atoms with van der Waals surface area (Å²) in [7, 11) is 0. The van der Waals surface area contributed by atoms with E-state index < -0.39 is 6.10 Å². The fourth-order valence-corrected chi connectivity index (χ4v) is 3.40. The Labute approximate surface area is 157 Å². The van der Waals surface area contributed by atoms with E-state index >= 15 is 0 Å². The van der Waals surface area contributed by atoms with Crippen LogP contribution >= 0.6 is 11.8 Å². The Balaban J connectivity index is 1.51. The summed E-state index contributed by atoms with van der Waals surface area (Å²) in [5.41, 5.74) is 0.765. The predicted molar refractivity (Wildman–Crippen MR) is 107 cm³/mol. The third-order valence-corrected chi connectivity index (χ3v) is 4.95.